The summed E-state index contributed by atoms with van der Waals surface area (Å²) in [5, 5.41) is 2.65. The Bertz CT molecular complexity index is 701. The molecule has 2 rings (SSSR count). The molecule has 1 aliphatic rings. The molecule has 1 fully saturated rings. The molecule has 1 aromatic rings. The van der Waals surface area contributed by atoms with Gasteiger partial charge in [-0.2, -0.15) is 4.31 Å². The van der Waals surface area contributed by atoms with Crippen molar-refractivity contribution in [1.82, 2.24) is 4.31 Å². The fraction of sp³-hybridized carbons (Fsp3) is 0.632. The number of unbranched alkanes of at least 4 members (excludes halogenated alkanes) is 1. The normalized spacial score (nSPS) is 21.7. The molecule has 0 saturated carbocycles. The number of nitrogens with zero attached hydrogens (tertiary/aromatic N) is 1. The molecule has 0 aliphatic carbocycles. The monoisotopic (exact) mass is 382 g/mol. The highest BCUT2D eigenvalue weighted by molar-refractivity contribution is 7.89. The lowest BCUT2D eigenvalue weighted by Gasteiger charge is -2.39. The number of carbonyl (C=O) groups excluding carboxylic acids is 1. The highest BCUT2D eigenvalue weighted by atomic mass is 32.2. The minimum atomic E-state index is -3.59. The first-order chi connectivity index (χ1) is 12.2. The van der Waals surface area contributed by atoms with Gasteiger partial charge in [-0.3, -0.25) is 4.79 Å². The molecule has 7 heteroatoms. The molecular formula is C19H30N2O4S. The Morgan fingerprint density at radius 3 is 2.46 bits per heavy atom. The van der Waals surface area contributed by atoms with Gasteiger partial charge in [0.05, 0.1) is 17.1 Å². The second kappa shape index (κ2) is 8.97. The Morgan fingerprint density at radius 2 is 1.92 bits per heavy atom. The van der Waals surface area contributed by atoms with Crippen molar-refractivity contribution in [3.8, 4) is 0 Å². The van der Waals surface area contributed by atoms with Gasteiger partial charge in [0.25, 0.3) is 0 Å². The zero-order chi connectivity index (χ0) is 19.3. The first-order valence-corrected chi connectivity index (χ1v) is 10.7. The van der Waals surface area contributed by atoms with Crippen LogP contribution in [0.15, 0.2) is 29.2 Å². The van der Waals surface area contributed by atoms with Gasteiger partial charge in [0, 0.05) is 25.7 Å². The number of anilines is 1. The van der Waals surface area contributed by atoms with Gasteiger partial charge in [0.2, 0.25) is 15.9 Å². The summed E-state index contributed by atoms with van der Waals surface area (Å²) in [6.07, 6.45) is 2.79. The Kier molecular flexibility index (Phi) is 7.20. The van der Waals surface area contributed by atoms with Crippen molar-refractivity contribution in [2.24, 2.45) is 5.92 Å². The smallest absolute Gasteiger partial charge is 0.243 e. The van der Waals surface area contributed by atoms with Crippen molar-refractivity contribution >= 4 is 21.6 Å². The van der Waals surface area contributed by atoms with Crippen molar-refractivity contribution in [3.63, 3.8) is 0 Å². The third-order valence-corrected chi connectivity index (χ3v) is 6.44. The fourth-order valence-electron chi connectivity index (χ4n) is 3.05. The number of amides is 1. The van der Waals surface area contributed by atoms with Gasteiger partial charge in [-0.15, -0.1) is 0 Å². The van der Waals surface area contributed by atoms with Gasteiger partial charge in [-0.1, -0.05) is 33.6 Å². The molecule has 0 radical (unpaired) electrons. The van der Waals surface area contributed by atoms with Gasteiger partial charge in [-0.05, 0) is 36.6 Å². The number of benzene rings is 1. The molecule has 0 bridgehead atoms. The van der Waals surface area contributed by atoms with E-state index in [0.29, 0.717) is 18.8 Å². The van der Waals surface area contributed by atoms with Crippen LogP contribution >= 0.6 is 0 Å². The second-order valence-corrected chi connectivity index (χ2v) is 9.15. The molecule has 1 aliphatic heterocycles. The average Bonchev–Trinajstić information content (AvgIpc) is 2.59. The van der Waals surface area contributed by atoms with Crippen LogP contribution in [0, 0.1) is 5.92 Å². The van der Waals surface area contributed by atoms with Gasteiger partial charge >= 0.3 is 0 Å². The molecule has 146 valence electrons. The van der Waals surface area contributed by atoms with E-state index in [9.17, 15) is 13.2 Å². The lowest BCUT2D eigenvalue weighted by molar-refractivity contribution is -0.114. The van der Waals surface area contributed by atoms with Crippen molar-refractivity contribution in [3.05, 3.63) is 24.3 Å². The summed E-state index contributed by atoms with van der Waals surface area (Å²) in [4.78, 5) is 11.4. The van der Waals surface area contributed by atoms with Crippen molar-refractivity contribution < 1.29 is 17.9 Å². The highest BCUT2D eigenvalue weighted by Crippen LogP contribution is 2.26. The topological polar surface area (TPSA) is 75.7 Å². The van der Waals surface area contributed by atoms with Crippen LogP contribution in [0.2, 0.25) is 0 Å². The van der Waals surface area contributed by atoms with Gasteiger partial charge in [0.1, 0.15) is 0 Å². The molecule has 2 atom stereocenters. The van der Waals surface area contributed by atoms with Gasteiger partial charge < -0.3 is 10.1 Å². The van der Waals surface area contributed by atoms with E-state index >= 15 is 0 Å². The maximum absolute atomic E-state index is 13.1. The Balaban J connectivity index is 2.20. The zero-order valence-electron chi connectivity index (χ0n) is 16.1. The quantitative estimate of drug-likeness (QED) is 0.785. The maximum atomic E-state index is 13.1. The first kappa shape index (κ1) is 20.9. The summed E-state index contributed by atoms with van der Waals surface area (Å²) >= 11 is 0. The van der Waals surface area contributed by atoms with Crippen LogP contribution in [0.5, 0.6) is 0 Å². The number of nitrogens with one attached hydrogen (secondary N) is 1. The van der Waals surface area contributed by atoms with E-state index in [-0.39, 0.29) is 28.9 Å². The van der Waals surface area contributed by atoms with E-state index in [1.165, 1.54) is 6.92 Å². The molecular weight excluding hydrogens is 352 g/mol. The lowest BCUT2D eigenvalue weighted by atomic mass is 10.0. The minimum Gasteiger partial charge on any atom is -0.372 e. The summed E-state index contributed by atoms with van der Waals surface area (Å²) in [7, 11) is -3.59. The van der Waals surface area contributed by atoms with Crippen LogP contribution in [0.1, 0.15) is 47.0 Å². The van der Waals surface area contributed by atoms with Crippen LogP contribution in [-0.4, -0.2) is 43.9 Å². The van der Waals surface area contributed by atoms with Gasteiger partial charge in [-0.25, -0.2) is 8.42 Å². The molecule has 6 nitrogen and oxygen atoms in total. The summed E-state index contributed by atoms with van der Waals surface area (Å²) < 4.78 is 33.9. The molecule has 1 N–H and O–H groups in total. The molecule has 1 heterocycles. The average molecular weight is 383 g/mol. The van der Waals surface area contributed by atoms with Crippen LogP contribution in [0.3, 0.4) is 0 Å². The second-order valence-electron chi connectivity index (χ2n) is 7.21. The number of hydrogen-bond donors (Lipinski definition) is 1. The summed E-state index contributed by atoms with van der Waals surface area (Å²) in [5.74, 6) is 0.0617. The van der Waals surface area contributed by atoms with Crippen molar-refractivity contribution in [2.75, 3.05) is 18.4 Å². The van der Waals surface area contributed by atoms with E-state index in [1.807, 2.05) is 0 Å². The summed E-state index contributed by atoms with van der Waals surface area (Å²) in [5.41, 5.74) is 0.583. The van der Waals surface area contributed by atoms with Crippen LogP contribution in [0.4, 0.5) is 5.69 Å². The number of sulfonamides is 1. The van der Waals surface area contributed by atoms with Crippen LogP contribution in [-0.2, 0) is 19.6 Å². The predicted octanol–water partition coefficient (Wildman–Crippen LogP) is 3.25. The SMILES string of the molecule is CCCC[C@@H]1CN(S(=O)(=O)c2ccc(NC(C)=O)cc2)C[C@H](C(C)C)O1. The minimum absolute atomic E-state index is 0.0653. The molecule has 0 spiro atoms. The Hall–Kier alpha value is -1.44. The lowest BCUT2D eigenvalue weighted by Crippen LogP contribution is -2.51. The van der Waals surface area contributed by atoms with Crippen molar-refractivity contribution in [2.45, 2.75) is 64.1 Å². The third kappa shape index (κ3) is 5.28. The third-order valence-electron chi connectivity index (χ3n) is 4.59. The van der Waals surface area contributed by atoms with E-state index in [1.54, 1.807) is 28.6 Å². The molecule has 1 amide bonds. The summed E-state index contributed by atoms with van der Waals surface area (Å²) in [6, 6.07) is 6.31. The van der Waals surface area contributed by atoms with E-state index in [0.717, 1.165) is 19.3 Å². The number of carbonyl (C=O) groups is 1. The standard InChI is InChI=1S/C19H30N2O4S/c1-5-6-7-17-12-21(13-19(25-17)14(2)3)26(23,24)18-10-8-16(9-11-18)20-15(4)22/h8-11,14,17,19H,5-7,12-13H2,1-4H3,(H,20,22)/t17-,19-/m1/s1. The highest BCUT2D eigenvalue weighted by Gasteiger charge is 2.36. The summed E-state index contributed by atoms with van der Waals surface area (Å²) in [6.45, 7) is 8.41. The fourth-order valence-corrected chi connectivity index (χ4v) is 4.54. The Labute approximate surface area is 157 Å². The number of ether oxygens (including phenoxy) is 1. The predicted molar refractivity (Wildman–Crippen MR) is 103 cm³/mol. The van der Waals surface area contributed by atoms with Crippen LogP contribution in [0.25, 0.3) is 0 Å². The Morgan fingerprint density at radius 1 is 1.27 bits per heavy atom. The van der Waals surface area contributed by atoms with E-state index in [2.05, 4.69) is 26.1 Å². The molecule has 1 aromatic carbocycles. The molecule has 26 heavy (non-hydrogen) atoms. The van der Waals surface area contributed by atoms with Gasteiger partial charge in [0.15, 0.2) is 0 Å². The maximum Gasteiger partial charge on any atom is 0.243 e. The number of rotatable bonds is 7. The van der Waals surface area contributed by atoms with E-state index < -0.39 is 10.0 Å². The molecule has 0 unspecified atom stereocenters. The number of morpholine rings is 1. The first-order valence-electron chi connectivity index (χ1n) is 9.27. The number of hydrogen-bond acceptors (Lipinski definition) is 4. The molecule has 1 saturated heterocycles. The largest absolute Gasteiger partial charge is 0.372 e. The zero-order valence-corrected chi connectivity index (χ0v) is 16.9. The van der Waals surface area contributed by atoms with E-state index in [4.69, 9.17) is 4.74 Å². The van der Waals surface area contributed by atoms with Crippen molar-refractivity contribution in [1.29, 1.82) is 0 Å². The van der Waals surface area contributed by atoms with Crippen LogP contribution < -0.4 is 5.32 Å². The molecule has 0 aromatic heterocycles.